The maximum atomic E-state index is 12.9. The Kier molecular flexibility index (Phi) is 4.93. The predicted octanol–water partition coefficient (Wildman–Crippen LogP) is 1.85. The number of rotatable bonds is 6. The number of esters is 1. The van der Waals surface area contributed by atoms with Gasteiger partial charge in [-0.3, -0.25) is 4.79 Å². The smallest absolute Gasteiger partial charge is 0.319 e. The molecule has 0 saturated heterocycles. The van der Waals surface area contributed by atoms with Gasteiger partial charge in [0.2, 0.25) is 10.0 Å². The van der Waals surface area contributed by atoms with Gasteiger partial charge in [-0.15, -0.1) is 0 Å². The van der Waals surface area contributed by atoms with Gasteiger partial charge in [-0.2, -0.15) is 5.26 Å². The van der Waals surface area contributed by atoms with E-state index in [1.807, 2.05) is 6.07 Å². The lowest BCUT2D eigenvalue weighted by molar-refractivity contribution is -0.149. The third kappa shape index (κ3) is 3.06. The first-order chi connectivity index (χ1) is 12.9. The molecule has 1 atom stereocenters. The van der Waals surface area contributed by atoms with Crippen molar-refractivity contribution in [3.8, 4) is 23.2 Å². The van der Waals surface area contributed by atoms with Crippen LogP contribution >= 0.6 is 0 Å². The van der Waals surface area contributed by atoms with Crippen molar-refractivity contribution in [2.45, 2.75) is 25.2 Å². The summed E-state index contributed by atoms with van der Waals surface area (Å²) in [4.78, 5) is 17.0. The molecule has 3 rings (SSSR count). The van der Waals surface area contributed by atoms with Gasteiger partial charge in [0.25, 0.3) is 0 Å². The zero-order valence-corrected chi connectivity index (χ0v) is 15.8. The van der Waals surface area contributed by atoms with Crippen LogP contribution in [0.15, 0.2) is 30.5 Å². The Morgan fingerprint density at radius 1 is 1.37 bits per heavy atom. The molecule has 0 bridgehead atoms. The van der Waals surface area contributed by atoms with Crippen LogP contribution in [-0.4, -0.2) is 42.8 Å². The maximum absolute atomic E-state index is 12.9. The number of fused-ring (bicyclic) bond motifs is 1. The third-order valence-electron chi connectivity index (χ3n) is 4.60. The number of carbonyl (C=O) groups excluding carboxylic acids is 1. The Balaban J connectivity index is 2.16. The molecule has 0 saturated carbocycles. The van der Waals surface area contributed by atoms with Gasteiger partial charge in [-0.1, -0.05) is 0 Å². The molecular formula is C18H19N3O5S. The van der Waals surface area contributed by atoms with Gasteiger partial charge in [-0.25, -0.2) is 17.4 Å². The summed E-state index contributed by atoms with van der Waals surface area (Å²) < 4.78 is 37.2. The zero-order valence-electron chi connectivity index (χ0n) is 15.0. The lowest BCUT2D eigenvalue weighted by atomic mass is 9.82. The van der Waals surface area contributed by atoms with Crippen molar-refractivity contribution in [3.63, 3.8) is 0 Å². The van der Waals surface area contributed by atoms with Crippen LogP contribution in [0.1, 0.15) is 25.5 Å². The number of carbonyl (C=O) groups is 1. The maximum Gasteiger partial charge on any atom is 0.319 e. The van der Waals surface area contributed by atoms with Crippen molar-refractivity contribution in [3.05, 3.63) is 36.2 Å². The van der Waals surface area contributed by atoms with Crippen molar-refractivity contribution in [1.82, 2.24) is 8.96 Å². The van der Waals surface area contributed by atoms with Gasteiger partial charge < -0.3 is 9.47 Å². The molecule has 1 aliphatic heterocycles. The van der Waals surface area contributed by atoms with Crippen LogP contribution in [0.4, 0.5) is 0 Å². The Morgan fingerprint density at radius 3 is 2.67 bits per heavy atom. The summed E-state index contributed by atoms with van der Waals surface area (Å²) in [6, 6.07) is 8.78. The lowest BCUT2D eigenvalue weighted by Crippen LogP contribution is -2.39. The van der Waals surface area contributed by atoms with Crippen LogP contribution in [0.5, 0.6) is 5.75 Å². The molecular weight excluding hydrogens is 370 g/mol. The lowest BCUT2D eigenvalue weighted by Gasteiger charge is -2.23. The standard InChI is InChI=1S/C18H19N3O5S/c1-3-26-17(22)18(9-4-10-19)12-27(23,24)21-15(18)11-20-16(21)13-5-7-14(25-2)8-6-13/h5-8,11H,3-4,9,12H2,1-2H3. The van der Waals surface area contributed by atoms with Crippen molar-refractivity contribution in [2.24, 2.45) is 0 Å². The molecule has 1 aromatic heterocycles. The quantitative estimate of drug-likeness (QED) is 0.693. The predicted molar refractivity (Wildman–Crippen MR) is 96.6 cm³/mol. The molecule has 27 heavy (non-hydrogen) atoms. The number of imidazole rings is 1. The van der Waals surface area contributed by atoms with Gasteiger partial charge >= 0.3 is 5.97 Å². The van der Waals surface area contributed by atoms with E-state index in [9.17, 15) is 13.2 Å². The van der Waals surface area contributed by atoms with Crippen LogP contribution in [0.2, 0.25) is 0 Å². The largest absolute Gasteiger partial charge is 0.497 e. The number of aromatic nitrogens is 2. The van der Waals surface area contributed by atoms with Crippen molar-refractivity contribution < 1.29 is 22.7 Å². The van der Waals surface area contributed by atoms with Crippen LogP contribution in [0.3, 0.4) is 0 Å². The normalized spacial score (nSPS) is 19.9. The monoisotopic (exact) mass is 389 g/mol. The van der Waals surface area contributed by atoms with Crippen LogP contribution < -0.4 is 4.74 Å². The summed E-state index contributed by atoms with van der Waals surface area (Å²) in [6.07, 6.45) is 1.46. The Hall–Kier alpha value is -2.86. The molecule has 142 valence electrons. The highest BCUT2D eigenvalue weighted by Crippen LogP contribution is 2.42. The molecule has 1 aromatic carbocycles. The molecule has 0 aliphatic carbocycles. The molecule has 0 spiro atoms. The van der Waals surface area contributed by atoms with Gasteiger partial charge in [0, 0.05) is 12.0 Å². The fourth-order valence-electron chi connectivity index (χ4n) is 3.33. The minimum Gasteiger partial charge on any atom is -0.497 e. The van der Waals surface area contributed by atoms with E-state index in [4.69, 9.17) is 14.7 Å². The summed E-state index contributed by atoms with van der Waals surface area (Å²) in [5.74, 6) is -0.245. The fourth-order valence-corrected chi connectivity index (χ4v) is 5.43. The van der Waals surface area contributed by atoms with Crippen molar-refractivity contribution >= 4 is 16.0 Å². The minimum atomic E-state index is -3.85. The molecule has 2 aromatic rings. The van der Waals surface area contributed by atoms with E-state index >= 15 is 0 Å². The topological polar surface area (TPSA) is 111 Å². The molecule has 1 aliphatic rings. The SMILES string of the molecule is CCOC(=O)C1(CCC#N)CS(=O)(=O)n2c1cnc2-c1ccc(OC)cc1. The second-order valence-electron chi connectivity index (χ2n) is 6.18. The van der Waals surface area contributed by atoms with E-state index in [-0.39, 0.29) is 31.0 Å². The fraction of sp³-hybridized carbons (Fsp3) is 0.389. The van der Waals surface area contributed by atoms with Gasteiger partial charge in [0.05, 0.1) is 37.4 Å². The minimum absolute atomic E-state index is 0.0252. The summed E-state index contributed by atoms with van der Waals surface area (Å²) in [6.45, 7) is 1.77. The van der Waals surface area contributed by atoms with Crippen LogP contribution in [-0.2, 0) is 25.0 Å². The first kappa shape index (κ1) is 18.9. The first-order valence-electron chi connectivity index (χ1n) is 8.39. The molecule has 0 radical (unpaired) electrons. The number of ether oxygens (including phenoxy) is 2. The van der Waals surface area contributed by atoms with E-state index in [0.29, 0.717) is 11.3 Å². The number of hydrogen-bond donors (Lipinski definition) is 0. The summed E-state index contributed by atoms with van der Waals surface area (Å²) >= 11 is 0. The summed E-state index contributed by atoms with van der Waals surface area (Å²) in [5.41, 5.74) is -0.616. The first-order valence-corrected chi connectivity index (χ1v) is 10.0. The van der Waals surface area contributed by atoms with E-state index in [1.165, 1.54) is 13.3 Å². The highest BCUT2D eigenvalue weighted by molar-refractivity contribution is 7.90. The number of nitrogens with zero attached hydrogens (tertiary/aromatic N) is 3. The molecule has 8 nitrogen and oxygen atoms in total. The number of hydrogen-bond acceptors (Lipinski definition) is 7. The van der Waals surface area contributed by atoms with Crippen molar-refractivity contribution in [1.29, 1.82) is 5.26 Å². The highest BCUT2D eigenvalue weighted by Gasteiger charge is 2.55. The molecule has 2 heterocycles. The van der Waals surface area contributed by atoms with Crippen molar-refractivity contribution in [2.75, 3.05) is 19.5 Å². The summed E-state index contributed by atoms with van der Waals surface area (Å²) in [5, 5.41) is 8.98. The Labute approximate surface area is 157 Å². The van der Waals surface area contributed by atoms with E-state index in [1.54, 1.807) is 31.2 Å². The number of benzene rings is 1. The zero-order chi connectivity index (χ0) is 19.7. The summed E-state index contributed by atoms with van der Waals surface area (Å²) in [7, 11) is -2.31. The Bertz CT molecular complexity index is 1000. The second kappa shape index (κ2) is 7.04. The van der Waals surface area contributed by atoms with Gasteiger partial charge in [0.1, 0.15) is 11.2 Å². The third-order valence-corrected chi connectivity index (χ3v) is 6.38. The molecule has 9 heteroatoms. The number of nitriles is 1. The number of methoxy groups -OCH3 is 1. The van der Waals surface area contributed by atoms with E-state index in [2.05, 4.69) is 4.98 Å². The average molecular weight is 389 g/mol. The molecule has 0 amide bonds. The molecule has 0 fully saturated rings. The Morgan fingerprint density at radius 2 is 2.07 bits per heavy atom. The van der Waals surface area contributed by atoms with E-state index in [0.717, 1.165) is 3.97 Å². The highest BCUT2D eigenvalue weighted by atomic mass is 32.2. The average Bonchev–Trinajstić information content (AvgIpc) is 3.20. The van der Waals surface area contributed by atoms with Crippen LogP contribution in [0, 0.1) is 11.3 Å². The molecule has 1 unspecified atom stereocenters. The van der Waals surface area contributed by atoms with Gasteiger partial charge in [-0.05, 0) is 37.6 Å². The molecule has 0 N–H and O–H groups in total. The van der Waals surface area contributed by atoms with Gasteiger partial charge in [0.15, 0.2) is 5.82 Å². The second-order valence-corrected chi connectivity index (χ2v) is 7.99. The van der Waals surface area contributed by atoms with E-state index < -0.39 is 27.2 Å². The van der Waals surface area contributed by atoms with Crippen LogP contribution in [0.25, 0.3) is 11.4 Å².